The van der Waals surface area contributed by atoms with Crippen LogP contribution in [0.3, 0.4) is 0 Å². The minimum atomic E-state index is -1.71. The van der Waals surface area contributed by atoms with E-state index in [0.29, 0.717) is 30.8 Å². The Morgan fingerprint density at radius 2 is 1.79 bits per heavy atom. The van der Waals surface area contributed by atoms with Crippen molar-refractivity contribution in [1.82, 2.24) is 4.90 Å². The summed E-state index contributed by atoms with van der Waals surface area (Å²) >= 11 is 0. The van der Waals surface area contributed by atoms with E-state index < -0.39 is 17.3 Å². The van der Waals surface area contributed by atoms with Crippen LogP contribution in [-0.4, -0.2) is 31.1 Å². The van der Waals surface area contributed by atoms with Crippen molar-refractivity contribution < 1.29 is 9.53 Å². The fraction of sp³-hybridized carbons (Fsp3) is 0.259. The summed E-state index contributed by atoms with van der Waals surface area (Å²) in [6.07, 6.45) is 1.98. The van der Waals surface area contributed by atoms with Gasteiger partial charge in [-0.3, -0.25) is 4.90 Å². The van der Waals surface area contributed by atoms with Crippen LogP contribution < -0.4 is 5.73 Å². The summed E-state index contributed by atoms with van der Waals surface area (Å²) in [5, 5.41) is 30.3. The fourth-order valence-electron chi connectivity index (χ4n) is 5.03. The molecule has 0 saturated heterocycles. The van der Waals surface area contributed by atoms with Gasteiger partial charge in [0.1, 0.15) is 6.07 Å². The molecule has 7 nitrogen and oxygen atoms in total. The van der Waals surface area contributed by atoms with Crippen molar-refractivity contribution in [3.63, 3.8) is 0 Å². The van der Waals surface area contributed by atoms with Gasteiger partial charge in [0.15, 0.2) is 5.41 Å². The number of carbonyl (C=O) groups is 1. The third-order valence-electron chi connectivity index (χ3n) is 6.68. The number of allylic oxidation sites excluding steroid dienone is 2. The average molecular weight is 450 g/mol. The van der Waals surface area contributed by atoms with Gasteiger partial charge in [-0.15, -0.1) is 0 Å². The lowest BCUT2D eigenvalue weighted by Crippen LogP contribution is -2.47. The van der Waals surface area contributed by atoms with Gasteiger partial charge in [-0.2, -0.15) is 15.8 Å². The van der Waals surface area contributed by atoms with Crippen molar-refractivity contribution in [1.29, 1.82) is 15.8 Å². The summed E-state index contributed by atoms with van der Waals surface area (Å²) in [6, 6.07) is 23.2. The Bertz CT molecular complexity index is 1280. The Kier molecular flexibility index (Phi) is 6.19. The summed E-state index contributed by atoms with van der Waals surface area (Å²) in [7, 11) is 1.31. The minimum Gasteiger partial charge on any atom is -0.465 e. The van der Waals surface area contributed by atoms with Crippen LogP contribution in [0.1, 0.15) is 27.4 Å². The molecule has 2 aromatic carbocycles. The molecule has 0 radical (unpaired) electrons. The molecule has 0 aromatic heterocycles. The van der Waals surface area contributed by atoms with Crippen molar-refractivity contribution in [2.24, 2.45) is 17.1 Å². The minimum absolute atomic E-state index is 0.0129. The molecule has 34 heavy (non-hydrogen) atoms. The standard InChI is InChI=1S/C27H23N5O2/c1-34-26(33)20-9-7-19(8-10-20)24-23-15-32(14-18-5-3-2-4-6-18)12-11-21(23)22(13-28)25(31)27(24,16-29)17-30/h2-11,23-24H,12,14-15,31H2,1H3/t23-,24-/m1/s1. The number of fused-ring (bicyclic) bond motifs is 1. The highest BCUT2D eigenvalue weighted by atomic mass is 16.5. The molecule has 2 aromatic rings. The largest absolute Gasteiger partial charge is 0.465 e. The van der Waals surface area contributed by atoms with Crippen LogP contribution in [0.15, 0.2) is 77.5 Å². The molecule has 2 N–H and O–H groups in total. The Morgan fingerprint density at radius 1 is 1.12 bits per heavy atom. The second-order valence-corrected chi connectivity index (χ2v) is 8.47. The lowest BCUT2D eigenvalue weighted by molar-refractivity contribution is 0.0600. The van der Waals surface area contributed by atoms with Gasteiger partial charge >= 0.3 is 5.97 Å². The number of nitriles is 3. The molecular formula is C27H23N5O2. The van der Waals surface area contributed by atoms with E-state index in [4.69, 9.17) is 10.5 Å². The molecule has 0 fully saturated rings. The molecule has 0 bridgehead atoms. The molecule has 0 spiro atoms. The Balaban J connectivity index is 1.82. The number of esters is 1. The van der Waals surface area contributed by atoms with E-state index in [2.05, 4.69) is 35.2 Å². The van der Waals surface area contributed by atoms with Gasteiger partial charge in [0, 0.05) is 31.5 Å². The fourth-order valence-corrected chi connectivity index (χ4v) is 5.03. The summed E-state index contributed by atoms with van der Waals surface area (Å²) in [6.45, 7) is 1.87. The maximum absolute atomic E-state index is 11.9. The number of benzene rings is 2. The Hall–Kier alpha value is -4.38. The second kappa shape index (κ2) is 9.24. The number of rotatable bonds is 4. The molecule has 2 atom stereocenters. The van der Waals surface area contributed by atoms with E-state index in [1.807, 2.05) is 24.3 Å². The van der Waals surface area contributed by atoms with Gasteiger partial charge in [-0.05, 0) is 28.8 Å². The lowest BCUT2D eigenvalue weighted by Gasteiger charge is -2.45. The van der Waals surface area contributed by atoms with Crippen molar-refractivity contribution in [2.75, 3.05) is 20.2 Å². The maximum atomic E-state index is 11.9. The first kappa shape index (κ1) is 22.8. The van der Waals surface area contributed by atoms with E-state index in [9.17, 15) is 20.6 Å². The predicted molar refractivity (Wildman–Crippen MR) is 124 cm³/mol. The van der Waals surface area contributed by atoms with E-state index in [0.717, 1.165) is 11.1 Å². The normalized spacial score (nSPS) is 21.3. The SMILES string of the molecule is COC(=O)c1ccc([C@@H]2[C@@H]3CN(Cc4ccccc4)CC=C3C(C#N)=C(N)C2(C#N)C#N)cc1. The van der Waals surface area contributed by atoms with Crippen LogP contribution in [0.4, 0.5) is 0 Å². The van der Waals surface area contributed by atoms with Crippen LogP contribution in [0.25, 0.3) is 0 Å². The maximum Gasteiger partial charge on any atom is 0.337 e. The molecule has 0 amide bonds. The molecule has 4 rings (SSSR count). The molecule has 1 aliphatic heterocycles. The number of carbonyl (C=O) groups excluding carboxylic acids is 1. The lowest BCUT2D eigenvalue weighted by atomic mass is 9.58. The van der Waals surface area contributed by atoms with Gasteiger partial charge in [0.25, 0.3) is 0 Å². The molecule has 0 saturated carbocycles. The number of hydrogen-bond acceptors (Lipinski definition) is 7. The predicted octanol–water partition coefficient (Wildman–Crippen LogP) is 3.40. The zero-order valence-electron chi connectivity index (χ0n) is 18.7. The van der Waals surface area contributed by atoms with E-state index in [1.54, 1.807) is 24.3 Å². The number of nitrogens with zero attached hydrogens (tertiary/aromatic N) is 4. The number of hydrogen-bond donors (Lipinski definition) is 1. The van der Waals surface area contributed by atoms with Gasteiger partial charge in [0.2, 0.25) is 0 Å². The van der Waals surface area contributed by atoms with Gasteiger partial charge in [-0.1, -0.05) is 48.5 Å². The first-order chi connectivity index (χ1) is 16.5. The zero-order valence-corrected chi connectivity index (χ0v) is 18.7. The van der Waals surface area contributed by atoms with Crippen molar-refractivity contribution in [3.8, 4) is 18.2 Å². The number of methoxy groups -OCH3 is 1. The molecule has 1 aliphatic carbocycles. The third-order valence-corrected chi connectivity index (χ3v) is 6.68. The van der Waals surface area contributed by atoms with E-state index in [-0.39, 0.29) is 17.2 Å². The smallest absolute Gasteiger partial charge is 0.337 e. The molecule has 1 heterocycles. The summed E-state index contributed by atoms with van der Waals surface area (Å²) < 4.78 is 4.78. The van der Waals surface area contributed by atoms with Crippen LogP contribution in [0.5, 0.6) is 0 Å². The second-order valence-electron chi connectivity index (χ2n) is 8.47. The molecule has 7 heteroatoms. The monoisotopic (exact) mass is 449 g/mol. The number of ether oxygens (including phenoxy) is 1. The molecular weight excluding hydrogens is 426 g/mol. The third kappa shape index (κ3) is 3.71. The Labute approximate surface area is 198 Å². The van der Waals surface area contributed by atoms with Gasteiger partial charge < -0.3 is 10.5 Å². The highest BCUT2D eigenvalue weighted by Gasteiger charge is 2.54. The van der Waals surface area contributed by atoms with Crippen molar-refractivity contribution >= 4 is 5.97 Å². The van der Waals surface area contributed by atoms with Crippen LogP contribution in [0.2, 0.25) is 0 Å². The van der Waals surface area contributed by atoms with E-state index in [1.165, 1.54) is 7.11 Å². The molecule has 0 unspecified atom stereocenters. The summed E-state index contributed by atoms with van der Waals surface area (Å²) in [5.41, 5.74) is 7.85. The van der Waals surface area contributed by atoms with Crippen LogP contribution in [-0.2, 0) is 11.3 Å². The van der Waals surface area contributed by atoms with Crippen LogP contribution in [0, 0.1) is 45.3 Å². The summed E-state index contributed by atoms with van der Waals surface area (Å²) in [4.78, 5) is 14.1. The molecule has 168 valence electrons. The van der Waals surface area contributed by atoms with Gasteiger partial charge in [-0.25, -0.2) is 4.79 Å². The Morgan fingerprint density at radius 3 is 2.38 bits per heavy atom. The van der Waals surface area contributed by atoms with E-state index >= 15 is 0 Å². The number of nitrogens with two attached hydrogens (primary N) is 1. The summed E-state index contributed by atoms with van der Waals surface area (Å²) in [5.74, 6) is -1.39. The highest BCUT2D eigenvalue weighted by Crippen LogP contribution is 2.54. The molecule has 2 aliphatic rings. The quantitative estimate of drug-likeness (QED) is 0.709. The zero-order chi connectivity index (χ0) is 24.3. The average Bonchev–Trinajstić information content (AvgIpc) is 2.88. The highest BCUT2D eigenvalue weighted by molar-refractivity contribution is 5.89. The van der Waals surface area contributed by atoms with Crippen molar-refractivity contribution in [3.05, 3.63) is 94.2 Å². The van der Waals surface area contributed by atoms with Crippen molar-refractivity contribution in [2.45, 2.75) is 12.5 Å². The first-order valence-electron chi connectivity index (χ1n) is 10.9. The first-order valence-corrected chi connectivity index (χ1v) is 10.9. The van der Waals surface area contributed by atoms with Crippen LogP contribution >= 0.6 is 0 Å². The van der Waals surface area contributed by atoms with Gasteiger partial charge in [0.05, 0.1) is 36.1 Å². The topological polar surface area (TPSA) is 127 Å².